The van der Waals surface area contributed by atoms with Crippen LogP contribution in [0.2, 0.25) is 0 Å². The molecule has 0 saturated carbocycles. The lowest BCUT2D eigenvalue weighted by molar-refractivity contribution is -0.152. The van der Waals surface area contributed by atoms with Gasteiger partial charge in [0.05, 0.1) is 53.8 Å². The summed E-state index contributed by atoms with van der Waals surface area (Å²) in [6.07, 6.45) is 1.76. The fraction of sp³-hybridized carbons (Fsp3) is 0.296. The number of methoxy groups -OCH3 is 1. The number of pyridine rings is 1. The van der Waals surface area contributed by atoms with Crippen molar-refractivity contribution >= 4 is 11.9 Å². The molecular formula is C27H28N8O3. The van der Waals surface area contributed by atoms with E-state index in [9.17, 15) is 10.1 Å². The first-order valence-electron chi connectivity index (χ1n) is 11.9. The standard InChI is InChI=1S/C27H28N8O3/c1-27(2,3)38-25(36)14-29-26-31-22(19-8-5-7-18(11-19)13-28)12-23(32-26)24-16-35(34-33-24)15-20-9-6-10-21(30-20)17-37-4/h5-12,16H,14-15,17H2,1-4H3,(H,29,31,32). The Kier molecular flexibility index (Phi) is 8.03. The van der Waals surface area contributed by atoms with E-state index < -0.39 is 11.6 Å². The van der Waals surface area contributed by atoms with E-state index in [4.69, 9.17) is 9.47 Å². The minimum atomic E-state index is -0.610. The van der Waals surface area contributed by atoms with Gasteiger partial charge in [0.2, 0.25) is 5.95 Å². The summed E-state index contributed by atoms with van der Waals surface area (Å²) in [4.78, 5) is 25.9. The van der Waals surface area contributed by atoms with Crippen molar-refractivity contribution in [2.75, 3.05) is 19.0 Å². The zero-order valence-electron chi connectivity index (χ0n) is 21.7. The molecule has 3 aromatic heterocycles. The average molecular weight is 513 g/mol. The zero-order valence-corrected chi connectivity index (χ0v) is 21.7. The second-order valence-electron chi connectivity index (χ2n) is 9.45. The van der Waals surface area contributed by atoms with Crippen LogP contribution in [0.15, 0.2) is 54.7 Å². The molecule has 0 fully saturated rings. The van der Waals surface area contributed by atoms with Gasteiger partial charge in [0.15, 0.2) is 0 Å². The Morgan fingerprint density at radius 3 is 2.55 bits per heavy atom. The Labute approximate surface area is 220 Å². The highest BCUT2D eigenvalue weighted by Crippen LogP contribution is 2.25. The van der Waals surface area contributed by atoms with E-state index in [0.717, 1.165) is 17.0 Å². The number of carbonyl (C=O) groups excluding carboxylic acids is 1. The molecule has 0 saturated heterocycles. The van der Waals surface area contributed by atoms with Crippen molar-refractivity contribution in [1.82, 2.24) is 29.9 Å². The molecule has 11 nitrogen and oxygen atoms in total. The molecule has 0 radical (unpaired) electrons. The number of benzene rings is 1. The maximum atomic E-state index is 12.3. The average Bonchev–Trinajstić information content (AvgIpc) is 3.35. The topological polar surface area (TPSA) is 141 Å². The molecule has 38 heavy (non-hydrogen) atoms. The number of nitrogens with zero attached hydrogens (tertiary/aromatic N) is 7. The van der Waals surface area contributed by atoms with Gasteiger partial charge in [-0.1, -0.05) is 23.4 Å². The number of nitrogens with one attached hydrogen (secondary N) is 1. The first-order chi connectivity index (χ1) is 18.2. The quantitative estimate of drug-likeness (QED) is 0.331. The van der Waals surface area contributed by atoms with Crippen LogP contribution in [0.3, 0.4) is 0 Å². The maximum Gasteiger partial charge on any atom is 0.325 e. The summed E-state index contributed by atoms with van der Waals surface area (Å²) in [6.45, 7) is 6.12. The van der Waals surface area contributed by atoms with Gasteiger partial charge in [-0.3, -0.25) is 9.78 Å². The van der Waals surface area contributed by atoms with Gasteiger partial charge in [-0.05, 0) is 51.1 Å². The number of anilines is 1. The van der Waals surface area contributed by atoms with Crippen LogP contribution in [0.1, 0.15) is 37.7 Å². The third-order valence-corrected chi connectivity index (χ3v) is 5.11. The SMILES string of the molecule is COCc1cccc(Cn2cc(-c3cc(-c4cccc(C#N)c4)nc(NCC(=O)OC(C)(C)C)n3)nn2)n1. The monoisotopic (exact) mass is 512 g/mol. The Morgan fingerprint density at radius 1 is 1.03 bits per heavy atom. The largest absolute Gasteiger partial charge is 0.459 e. The second-order valence-corrected chi connectivity index (χ2v) is 9.45. The highest BCUT2D eigenvalue weighted by molar-refractivity contribution is 5.75. The molecule has 3 heterocycles. The first kappa shape index (κ1) is 26.4. The predicted octanol–water partition coefficient (Wildman–Crippen LogP) is 3.62. The van der Waals surface area contributed by atoms with Gasteiger partial charge < -0.3 is 14.8 Å². The molecular weight excluding hydrogens is 484 g/mol. The Morgan fingerprint density at radius 2 is 1.79 bits per heavy atom. The van der Waals surface area contributed by atoms with Crippen LogP contribution in [0.5, 0.6) is 0 Å². The lowest BCUT2D eigenvalue weighted by Crippen LogP contribution is -2.28. The number of ether oxygens (including phenoxy) is 2. The first-order valence-corrected chi connectivity index (χ1v) is 11.9. The molecule has 0 spiro atoms. The number of esters is 1. The summed E-state index contributed by atoms with van der Waals surface area (Å²) >= 11 is 0. The smallest absolute Gasteiger partial charge is 0.325 e. The van der Waals surface area contributed by atoms with Gasteiger partial charge in [-0.25, -0.2) is 14.6 Å². The van der Waals surface area contributed by atoms with E-state index >= 15 is 0 Å². The lowest BCUT2D eigenvalue weighted by atomic mass is 10.1. The van der Waals surface area contributed by atoms with E-state index in [1.165, 1.54) is 0 Å². The Bertz CT molecular complexity index is 1470. The summed E-state index contributed by atoms with van der Waals surface area (Å²) in [5.41, 5.74) is 3.82. The molecule has 0 aliphatic rings. The van der Waals surface area contributed by atoms with Crippen molar-refractivity contribution in [3.63, 3.8) is 0 Å². The molecule has 4 aromatic rings. The molecule has 0 amide bonds. The van der Waals surface area contributed by atoms with Crippen molar-refractivity contribution < 1.29 is 14.3 Å². The van der Waals surface area contributed by atoms with Gasteiger partial charge in [-0.15, -0.1) is 5.10 Å². The van der Waals surface area contributed by atoms with Crippen LogP contribution < -0.4 is 5.32 Å². The molecule has 0 bridgehead atoms. The normalized spacial score (nSPS) is 11.1. The maximum absolute atomic E-state index is 12.3. The van der Waals surface area contributed by atoms with Crippen molar-refractivity contribution in [1.29, 1.82) is 5.26 Å². The number of rotatable bonds is 9. The predicted molar refractivity (Wildman–Crippen MR) is 140 cm³/mol. The third kappa shape index (κ3) is 7.18. The molecule has 194 valence electrons. The van der Waals surface area contributed by atoms with E-state index in [0.29, 0.717) is 35.8 Å². The minimum absolute atomic E-state index is 0.116. The van der Waals surface area contributed by atoms with E-state index in [-0.39, 0.29) is 12.5 Å². The fourth-order valence-corrected chi connectivity index (χ4v) is 3.59. The Hall–Kier alpha value is -4.69. The summed E-state index contributed by atoms with van der Waals surface area (Å²) < 4.78 is 12.2. The highest BCUT2D eigenvalue weighted by Gasteiger charge is 2.17. The summed E-state index contributed by atoms with van der Waals surface area (Å²) in [5, 5.41) is 20.8. The van der Waals surface area contributed by atoms with E-state index in [2.05, 4.69) is 36.7 Å². The molecule has 4 rings (SSSR count). The molecule has 11 heteroatoms. The van der Waals surface area contributed by atoms with Gasteiger partial charge in [-0.2, -0.15) is 5.26 Å². The van der Waals surface area contributed by atoms with E-state index in [1.807, 2.05) is 24.3 Å². The number of hydrogen-bond donors (Lipinski definition) is 1. The van der Waals surface area contributed by atoms with Crippen LogP contribution in [-0.4, -0.2) is 55.2 Å². The number of aromatic nitrogens is 6. The van der Waals surface area contributed by atoms with Crippen LogP contribution >= 0.6 is 0 Å². The van der Waals surface area contributed by atoms with Gasteiger partial charge in [0.1, 0.15) is 17.8 Å². The zero-order chi connectivity index (χ0) is 27.1. The fourth-order valence-electron chi connectivity index (χ4n) is 3.59. The third-order valence-electron chi connectivity index (χ3n) is 5.11. The van der Waals surface area contributed by atoms with Gasteiger partial charge in [0, 0.05) is 12.7 Å². The van der Waals surface area contributed by atoms with Crippen molar-refractivity contribution in [3.05, 3.63) is 71.7 Å². The number of hydrogen-bond acceptors (Lipinski definition) is 10. The molecule has 1 N–H and O–H groups in total. The molecule has 0 aliphatic carbocycles. The van der Waals surface area contributed by atoms with Crippen molar-refractivity contribution in [2.24, 2.45) is 0 Å². The lowest BCUT2D eigenvalue weighted by Gasteiger charge is -2.19. The van der Waals surface area contributed by atoms with Crippen molar-refractivity contribution in [2.45, 2.75) is 39.5 Å². The van der Waals surface area contributed by atoms with Gasteiger partial charge in [0.25, 0.3) is 0 Å². The molecule has 0 unspecified atom stereocenters. The second kappa shape index (κ2) is 11.6. The molecule has 0 aliphatic heterocycles. The summed E-state index contributed by atoms with van der Waals surface area (Å²) in [6, 6.07) is 16.7. The number of carbonyl (C=O) groups is 1. The summed E-state index contributed by atoms with van der Waals surface area (Å²) in [5.74, 6) is -0.220. The summed E-state index contributed by atoms with van der Waals surface area (Å²) in [7, 11) is 1.63. The number of nitriles is 1. The molecule has 1 aromatic carbocycles. The van der Waals surface area contributed by atoms with Crippen LogP contribution in [0, 0.1) is 11.3 Å². The van der Waals surface area contributed by atoms with Crippen LogP contribution in [0.25, 0.3) is 22.6 Å². The van der Waals surface area contributed by atoms with E-state index in [1.54, 1.807) is 63.0 Å². The molecule has 0 atom stereocenters. The van der Waals surface area contributed by atoms with Gasteiger partial charge >= 0.3 is 5.97 Å². The van der Waals surface area contributed by atoms with Crippen LogP contribution in [0.4, 0.5) is 5.95 Å². The highest BCUT2D eigenvalue weighted by atomic mass is 16.6. The Balaban J connectivity index is 1.63. The minimum Gasteiger partial charge on any atom is -0.459 e. The van der Waals surface area contributed by atoms with Crippen molar-refractivity contribution in [3.8, 4) is 28.7 Å². The van der Waals surface area contributed by atoms with Crippen LogP contribution in [-0.2, 0) is 27.4 Å².